The Hall–Kier alpha value is -1.71. The highest BCUT2D eigenvalue weighted by molar-refractivity contribution is 5.99. The molecule has 4 nitrogen and oxygen atoms in total. The number of amidine groups is 1. The fourth-order valence-electron chi connectivity index (χ4n) is 3.52. The van der Waals surface area contributed by atoms with Crippen LogP contribution in [0.25, 0.3) is 0 Å². The van der Waals surface area contributed by atoms with E-state index in [1.165, 1.54) is 6.42 Å². The van der Waals surface area contributed by atoms with Crippen molar-refractivity contribution in [2.24, 2.45) is 22.2 Å². The van der Waals surface area contributed by atoms with E-state index in [9.17, 15) is 0 Å². The lowest BCUT2D eigenvalue weighted by Gasteiger charge is -2.39. The Morgan fingerprint density at radius 3 is 2.71 bits per heavy atom. The van der Waals surface area contributed by atoms with Crippen LogP contribution in [0.2, 0.25) is 0 Å². The molecule has 0 aromatic heterocycles. The molecular weight excluding hydrogens is 264 g/mol. The molecule has 0 heterocycles. The monoisotopic (exact) mass is 290 g/mol. The summed E-state index contributed by atoms with van der Waals surface area (Å²) in [5.74, 6) is 1.45. The van der Waals surface area contributed by atoms with E-state index in [2.05, 4.69) is 25.9 Å². The van der Waals surface area contributed by atoms with Crippen molar-refractivity contribution in [2.75, 3.05) is 0 Å². The Labute approximate surface area is 127 Å². The highest BCUT2D eigenvalue weighted by Crippen LogP contribution is 2.40. The molecule has 1 aromatic rings. The molecule has 2 unspecified atom stereocenters. The number of rotatable bonds is 3. The average Bonchev–Trinajstić information content (AvgIpc) is 2.35. The molecule has 1 aromatic carbocycles. The largest absolute Gasteiger partial charge is 0.490 e. The first-order valence-corrected chi connectivity index (χ1v) is 7.56. The Balaban J connectivity index is 2.24. The quantitative estimate of drug-likeness (QED) is 0.386. The molecular formula is C17H26N2O2. The molecule has 3 N–H and O–H groups in total. The molecule has 1 aliphatic rings. The van der Waals surface area contributed by atoms with Crippen molar-refractivity contribution in [3.05, 3.63) is 29.3 Å². The Morgan fingerprint density at radius 2 is 2.10 bits per heavy atom. The van der Waals surface area contributed by atoms with E-state index in [0.29, 0.717) is 22.6 Å². The van der Waals surface area contributed by atoms with Gasteiger partial charge in [0.1, 0.15) is 5.75 Å². The number of benzene rings is 1. The lowest BCUT2D eigenvalue weighted by molar-refractivity contribution is 0.0561. The zero-order chi connectivity index (χ0) is 15.6. The van der Waals surface area contributed by atoms with Gasteiger partial charge in [-0.05, 0) is 55.2 Å². The van der Waals surface area contributed by atoms with Gasteiger partial charge in [-0.25, -0.2) is 0 Å². The van der Waals surface area contributed by atoms with Gasteiger partial charge in [0, 0.05) is 0 Å². The van der Waals surface area contributed by atoms with E-state index in [1.807, 2.05) is 25.1 Å². The molecule has 0 aliphatic heterocycles. The predicted octanol–water partition coefficient (Wildman–Crippen LogP) is 3.68. The molecule has 4 heteroatoms. The van der Waals surface area contributed by atoms with Gasteiger partial charge in [-0.15, -0.1) is 0 Å². The maximum absolute atomic E-state index is 8.92. The molecule has 1 aliphatic carbocycles. The summed E-state index contributed by atoms with van der Waals surface area (Å²) in [7, 11) is 0. The Bertz CT molecular complexity index is 538. The van der Waals surface area contributed by atoms with E-state index in [0.717, 1.165) is 18.4 Å². The van der Waals surface area contributed by atoms with Crippen molar-refractivity contribution in [2.45, 2.75) is 53.1 Å². The Morgan fingerprint density at radius 1 is 1.38 bits per heavy atom. The molecule has 21 heavy (non-hydrogen) atoms. The van der Waals surface area contributed by atoms with Gasteiger partial charge >= 0.3 is 0 Å². The van der Waals surface area contributed by atoms with E-state index in [4.69, 9.17) is 15.7 Å². The summed E-state index contributed by atoms with van der Waals surface area (Å²) in [4.78, 5) is 0. The third-order valence-electron chi connectivity index (χ3n) is 4.16. The van der Waals surface area contributed by atoms with Crippen LogP contribution < -0.4 is 10.5 Å². The van der Waals surface area contributed by atoms with Gasteiger partial charge in [-0.2, -0.15) is 0 Å². The standard InChI is InChI=1S/C17H26N2O2/c1-11-5-6-14(16(18)19-20)15(8-11)21-13-7-12(2)9-17(3,4)10-13/h5-6,8,12-13,20H,7,9-10H2,1-4H3,(H2,18,19). The molecule has 116 valence electrons. The van der Waals surface area contributed by atoms with Crippen LogP contribution in [-0.4, -0.2) is 17.1 Å². The smallest absolute Gasteiger partial charge is 0.173 e. The van der Waals surface area contributed by atoms with E-state index in [1.54, 1.807) is 0 Å². The summed E-state index contributed by atoms with van der Waals surface area (Å²) in [6.45, 7) is 8.87. The second kappa shape index (κ2) is 5.96. The van der Waals surface area contributed by atoms with Crippen LogP contribution in [0.5, 0.6) is 5.75 Å². The number of hydrogen-bond acceptors (Lipinski definition) is 3. The Kier molecular flexibility index (Phi) is 4.45. The minimum Gasteiger partial charge on any atom is -0.490 e. The van der Waals surface area contributed by atoms with E-state index >= 15 is 0 Å². The molecule has 0 saturated heterocycles. The van der Waals surface area contributed by atoms with Crippen LogP contribution in [0.3, 0.4) is 0 Å². The van der Waals surface area contributed by atoms with Crippen molar-refractivity contribution in [3.63, 3.8) is 0 Å². The number of oxime groups is 1. The molecule has 0 bridgehead atoms. The average molecular weight is 290 g/mol. The van der Waals surface area contributed by atoms with Crippen LogP contribution in [-0.2, 0) is 0 Å². The van der Waals surface area contributed by atoms with Gasteiger partial charge in [0.2, 0.25) is 0 Å². The number of nitrogens with two attached hydrogens (primary N) is 1. The van der Waals surface area contributed by atoms with Crippen LogP contribution in [0.1, 0.15) is 51.2 Å². The third-order valence-corrected chi connectivity index (χ3v) is 4.16. The minimum atomic E-state index is 0.0909. The number of ether oxygens (including phenoxy) is 1. The lowest BCUT2D eigenvalue weighted by atomic mass is 9.71. The molecule has 2 atom stereocenters. The van der Waals surface area contributed by atoms with Crippen molar-refractivity contribution in [1.82, 2.24) is 0 Å². The van der Waals surface area contributed by atoms with Crippen molar-refractivity contribution < 1.29 is 9.94 Å². The number of aryl methyl sites for hydroxylation is 1. The number of hydrogen-bond donors (Lipinski definition) is 2. The van der Waals surface area contributed by atoms with Crippen LogP contribution >= 0.6 is 0 Å². The van der Waals surface area contributed by atoms with E-state index in [-0.39, 0.29) is 11.9 Å². The molecule has 2 rings (SSSR count). The summed E-state index contributed by atoms with van der Waals surface area (Å²) in [5.41, 5.74) is 7.80. The molecule has 1 saturated carbocycles. The second-order valence-corrected chi connectivity index (χ2v) is 7.14. The predicted molar refractivity (Wildman–Crippen MR) is 84.9 cm³/mol. The second-order valence-electron chi connectivity index (χ2n) is 7.14. The minimum absolute atomic E-state index is 0.0909. The van der Waals surface area contributed by atoms with Gasteiger partial charge in [0.05, 0.1) is 11.7 Å². The SMILES string of the molecule is Cc1ccc(C(N)=NO)c(OC2CC(C)CC(C)(C)C2)c1. The van der Waals surface area contributed by atoms with Gasteiger partial charge in [-0.3, -0.25) is 0 Å². The fourth-order valence-corrected chi connectivity index (χ4v) is 3.52. The molecule has 0 spiro atoms. The maximum atomic E-state index is 8.92. The van der Waals surface area contributed by atoms with Gasteiger partial charge in [-0.1, -0.05) is 32.0 Å². The number of nitrogens with zero attached hydrogens (tertiary/aromatic N) is 1. The van der Waals surface area contributed by atoms with Gasteiger partial charge in [0.25, 0.3) is 0 Å². The first-order chi connectivity index (χ1) is 9.80. The summed E-state index contributed by atoms with van der Waals surface area (Å²) >= 11 is 0. The molecule has 0 radical (unpaired) electrons. The summed E-state index contributed by atoms with van der Waals surface area (Å²) in [6.07, 6.45) is 3.48. The summed E-state index contributed by atoms with van der Waals surface area (Å²) in [5, 5.41) is 12.0. The summed E-state index contributed by atoms with van der Waals surface area (Å²) in [6, 6.07) is 5.74. The summed E-state index contributed by atoms with van der Waals surface area (Å²) < 4.78 is 6.22. The van der Waals surface area contributed by atoms with Crippen molar-refractivity contribution >= 4 is 5.84 Å². The van der Waals surface area contributed by atoms with Crippen LogP contribution in [0, 0.1) is 18.3 Å². The first kappa shape index (κ1) is 15.7. The van der Waals surface area contributed by atoms with Gasteiger partial charge < -0.3 is 15.7 Å². The van der Waals surface area contributed by atoms with Crippen molar-refractivity contribution in [1.29, 1.82) is 0 Å². The fraction of sp³-hybridized carbons (Fsp3) is 0.588. The topological polar surface area (TPSA) is 67.8 Å². The lowest BCUT2D eigenvalue weighted by Crippen LogP contribution is -2.34. The highest BCUT2D eigenvalue weighted by Gasteiger charge is 2.33. The third kappa shape index (κ3) is 3.90. The zero-order valence-corrected chi connectivity index (χ0v) is 13.4. The normalized spacial score (nSPS) is 25.6. The highest BCUT2D eigenvalue weighted by atomic mass is 16.5. The molecule has 0 amide bonds. The van der Waals surface area contributed by atoms with Crippen LogP contribution in [0.15, 0.2) is 23.4 Å². The van der Waals surface area contributed by atoms with Crippen LogP contribution in [0.4, 0.5) is 0 Å². The van der Waals surface area contributed by atoms with E-state index < -0.39 is 0 Å². The van der Waals surface area contributed by atoms with Gasteiger partial charge in [0.15, 0.2) is 5.84 Å². The molecule has 1 fully saturated rings. The zero-order valence-electron chi connectivity index (χ0n) is 13.4. The first-order valence-electron chi connectivity index (χ1n) is 7.56. The maximum Gasteiger partial charge on any atom is 0.173 e. The van der Waals surface area contributed by atoms with Crippen molar-refractivity contribution in [3.8, 4) is 5.75 Å².